The van der Waals surface area contributed by atoms with Crippen molar-refractivity contribution in [3.05, 3.63) is 33.8 Å². The SMILES string of the molecule is COC(=O)C(CC(C)C)NC1CCc2cc(Br)ccc2C1. The Kier molecular flexibility index (Phi) is 5.82. The van der Waals surface area contributed by atoms with Crippen LogP contribution in [-0.4, -0.2) is 25.2 Å². The maximum absolute atomic E-state index is 11.9. The van der Waals surface area contributed by atoms with E-state index in [4.69, 9.17) is 4.74 Å². The summed E-state index contributed by atoms with van der Waals surface area (Å²) in [6.07, 6.45) is 3.92. The lowest BCUT2D eigenvalue weighted by atomic mass is 9.87. The van der Waals surface area contributed by atoms with Crippen LogP contribution >= 0.6 is 15.9 Å². The third-order valence-electron chi connectivity index (χ3n) is 4.03. The molecule has 0 fully saturated rings. The molecule has 3 nitrogen and oxygen atoms in total. The van der Waals surface area contributed by atoms with E-state index in [0.717, 1.165) is 30.2 Å². The number of benzene rings is 1. The Balaban J connectivity index is 2.02. The summed E-state index contributed by atoms with van der Waals surface area (Å²) < 4.78 is 6.07. The molecule has 1 aromatic carbocycles. The number of fused-ring (bicyclic) bond motifs is 1. The molecule has 21 heavy (non-hydrogen) atoms. The van der Waals surface area contributed by atoms with Gasteiger partial charge in [0.05, 0.1) is 7.11 Å². The Morgan fingerprint density at radius 2 is 2.19 bits per heavy atom. The number of halogens is 1. The molecule has 0 amide bonds. The highest BCUT2D eigenvalue weighted by Gasteiger charge is 2.26. The van der Waals surface area contributed by atoms with Gasteiger partial charge in [-0.2, -0.15) is 0 Å². The van der Waals surface area contributed by atoms with E-state index in [1.807, 2.05) is 0 Å². The smallest absolute Gasteiger partial charge is 0.322 e. The average molecular weight is 354 g/mol. The van der Waals surface area contributed by atoms with Crippen molar-refractivity contribution in [3.63, 3.8) is 0 Å². The zero-order valence-corrected chi connectivity index (χ0v) is 14.6. The second kappa shape index (κ2) is 7.41. The molecule has 1 N–H and O–H groups in total. The van der Waals surface area contributed by atoms with Crippen LogP contribution in [0.5, 0.6) is 0 Å². The summed E-state index contributed by atoms with van der Waals surface area (Å²) in [5.74, 6) is 0.318. The molecule has 0 radical (unpaired) electrons. The first-order valence-electron chi connectivity index (χ1n) is 7.60. The van der Waals surface area contributed by atoms with Gasteiger partial charge in [-0.1, -0.05) is 35.8 Å². The van der Waals surface area contributed by atoms with Gasteiger partial charge in [0.15, 0.2) is 0 Å². The summed E-state index contributed by atoms with van der Waals surface area (Å²) >= 11 is 3.52. The van der Waals surface area contributed by atoms with Crippen LogP contribution in [0.25, 0.3) is 0 Å². The molecular weight excluding hydrogens is 330 g/mol. The molecule has 0 saturated carbocycles. The number of carbonyl (C=O) groups is 1. The Labute approximate surface area is 135 Å². The number of hydrogen-bond acceptors (Lipinski definition) is 3. The molecule has 2 atom stereocenters. The zero-order chi connectivity index (χ0) is 15.4. The number of ether oxygens (including phenoxy) is 1. The summed E-state index contributed by atoms with van der Waals surface area (Å²) in [5.41, 5.74) is 2.80. The van der Waals surface area contributed by atoms with Crippen molar-refractivity contribution < 1.29 is 9.53 Å². The Morgan fingerprint density at radius 3 is 2.86 bits per heavy atom. The molecular formula is C17H24BrNO2. The lowest BCUT2D eigenvalue weighted by molar-refractivity contribution is -0.143. The quantitative estimate of drug-likeness (QED) is 0.823. The summed E-state index contributed by atoms with van der Waals surface area (Å²) in [6, 6.07) is 6.63. The minimum atomic E-state index is -0.197. The normalized spacial score (nSPS) is 19.2. The van der Waals surface area contributed by atoms with Gasteiger partial charge in [0.2, 0.25) is 0 Å². The van der Waals surface area contributed by atoms with E-state index in [0.29, 0.717) is 12.0 Å². The Hall–Kier alpha value is -0.870. The fraction of sp³-hybridized carbons (Fsp3) is 0.588. The molecule has 1 aliphatic rings. The maximum atomic E-state index is 11.9. The van der Waals surface area contributed by atoms with Gasteiger partial charge in [-0.25, -0.2) is 0 Å². The highest BCUT2D eigenvalue weighted by atomic mass is 79.9. The van der Waals surface area contributed by atoms with Gasteiger partial charge in [-0.3, -0.25) is 4.79 Å². The lowest BCUT2D eigenvalue weighted by Crippen LogP contribution is -2.46. The number of carbonyl (C=O) groups excluding carboxylic acids is 1. The van der Waals surface area contributed by atoms with Gasteiger partial charge in [0, 0.05) is 10.5 Å². The first-order chi connectivity index (χ1) is 9.99. The second-order valence-corrected chi connectivity index (χ2v) is 7.14. The highest BCUT2D eigenvalue weighted by molar-refractivity contribution is 9.10. The first kappa shape index (κ1) is 16.5. The van der Waals surface area contributed by atoms with Crippen LogP contribution in [0.1, 0.15) is 37.8 Å². The monoisotopic (exact) mass is 353 g/mol. The van der Waals surface area contributed by atoms with Gasteiger partial charge >= 0.3 is 5.97 Å². The van der Waals surface area contributed by atoms with Crippen LogP contribution in [0, 0.1) is 5.92 Å². The third kappa shape index (κ3) is 4.55. The van der Waals surface area contributed by atoms with Crippen molar-refractivity contribution in [3.8, 4) is 0 Å². The average Bonchev–Trinajstić information content (AvgIpc) is 2.45. The van der Waals surface area contributed by atoms with E-state index < -0.39 is 0 Å². The molecule has 0 aromatic heterocycles. The fourth-order valence-corrected chi connectivity index (χ4v) is 3.40. The Bertz CT molecular complexity index is 502. The third-order valence-corrected chi connectivity index (χ3v) is 4.52. The van der Waals surface area contributed by atoms with Crippen LogP contribution in [-0.2, 0) is 22.4 Å². The van der Waals surface area contributed by atoms with Crippen molar-refractivity contribution in [1.82, 2.24) is 5.32 Å². The summed E-state index contributed by atoms with van der Waals surface area (Å²) in [5, 5.41) is 3.51. The van der Waals surface area contributed by atoms with E-state index in [2.05, 4.69) is 53.3 Å². The number of aryl methyl sites for hydroxylation is 1. The predicted octanol–water partition coefficient (Wildman–Crippen LogP) is 3.48. The van der Waals surface area contributed by atoms with Gasteiger partial charge < -0.3 is 10.1 Å². The molecule has 0 heterocycles. The number of rotatable bonds is 5. The lowest BCUT2D eigenvalue weighted by Gasteiger charge is -2.29. The van der Waals surface area contributed by atoms with Crippen molar-refractivity contribution in [1.29, 1.82) is 0 Å². The molecule has 0 bridgehead atoms. The van der Waals surface area contributed by atoms with E-state index in [1.54, 1.807) is 0 Å². The number of methoxy groups -OCH3 is 1. The minimum absolute atomic E-state index is 0.148. The summed E-state index contributed by atoms with van der Waals surface area (Å²) in [4.78, 5) is 11.9. The molecule has 116 valence electrons. The predicted molar refractivity (Wildman–Crippen MR) is 88.3 cm³/mol. The Morgan fingerprint density at radius 1 is 1.43 bits per heavy atom. The van der Waals surface area contributed by atoms with E-state index in [1.165, 1.54) is 18.2 Å². The molecule has 4 heteroatoms. The van der Waals surface area contributed by atoms with Gasteiger partial charge in [0.25, 0.3) is 0 Å². The molecule has 0 spiro atoms. The highest BCUT2D eigenvalue weighted by Crippen LogP contribution is 2.25. The molecule has 0 aliphatic heterocycles. The largest absolute Gasteiger partial charge is 0.468 e. The van der Waals surface area contributed by atoms with Gasteiger partial charge in [0.1, 0.15) is 6.04 Å². The first-order valence-corrected chi connectivity index (χ1v) is 8.40. The van der Waals surface area contributed by atoms with E-state index in [-0.39, 0.29) is 12.0 Å². The topological polar surface area (TPSA) is 38.3 Å². The molecule has 0 saturated heterocycles. The molecule has 1 aliphatic carbocycles. The second-order valence-electron chi connectivity index (χ2n) is 6.22. The molecule has 1 aromatic rings. The number of nitrogens with one attached hydrogen (secondary N) is 1. The fourth-order valence-electron chi connectivity index (χ4n) is 3.00. The minimum Gasteiger partial charge on any atom is -0.468 e. The van der Waals surface area contributed by atoms with Crippen molar-refractivity contribution in [2.24, 2.45) is 5.92 Å². The van der Waals surface area contributed by atoms with Crippen molar-refractivity contribution >= 4 is 21.9 Å². The summed E-state index contributed by atoms with van der Waals surface area (Å²) in [7, 11) is 1.46. The number of hydrogen-bond donors (Lipinski definition) is 1. The molecule has 2 unspecified atom stereocenters. The standard InChI is InChI=1S/C17H24BrNO2/c1-11(2)8-16(17(20)21-3)19-15-7-5-12-9-14(18)6-4-13(12)10-15/h4,6,9,11,15-16,19H,5,7-8,10H2,1-3H3. The van der Waals surface area contributed by atoms with Crippen LogP contribution < -0.4 is 5.32 Å². The van der Waals surface area contributed by atoms with Gasteiger partial charge in [-0.05, 0) is 54.9 Å². The van der Waals surface area contributed by atoms with Crippen LogP contribution in [0.4, 0.5) is 0 Å². The van der Waals surface area contributed by atoms with Crippen LogP contribution in [0.2, 0.25) is 0 Å². The van der Waals surface area contributed by atoms with Crippen molar-refractivity contribution in [2.45, 2.75) is 51.6 Å². The van der Waals surface area contributed by atoms with Crippen LogP contribution in [0.15, 0.2) is 22.7 Å². The maximum Gasteiger partial charge on any atom is 0.322 e. The van der Waals surface area contributed by atoms with Crippen molar-refractivity contribution in [2.75, 3.05) is 7.11 Å². The van der Waals surface area contributed by atoms with Crippen LogP contribution in [0.3, 0.4) is 0 Å². The van der Waals surface area contributed by atoms with E-state index >= 15 is 0 Å². The summed E-state index contributed by atoms with van der Waals surface area (Å²) in [6.45, 7) is 4.26. The van der Waals surface area contributed by atoms with E-state index in [9.17, 15) is 4.79 Å². The van der Waals surface area contributed by atoms with Gasteiger partial charge in [-0.15, -0.1) is 0 Å². The zero-order valence-electron chi connectivity index (χ0n) is 13.0. The number of esters is 1. The molecule has 2 rings (SSSR count).